The van der Waals surface area contributed by atoms with Gasteiger partial charge in [0, 0.05) is 6.42 Å². The average Bonchev–Trinajstić information content (AvgIpc) is 2.81. The summed E-state index contributed by atoms with van der Waals surface area (Å²) >= 11 is 0. The van der Waals surface area contributed by atoms with Gasteiger partial charge in [-0.3, -0.25) is 0 Å². The van der Waals surface area contributed by atoms with Crippen molar-refractivity contribution in [1.29, 1.82) is 0 Å². The molecule has 0 spiro atoms. The van der Waals surface area contributed by atoms with Crippen LogP contribution in [0.5, 0.6) is 0 Å². The van der Waals surface area contributed by atoms with Crippen molar-refractivity contribution in [3.05, 3.63) is 11.4 Å². The summed E-state index contributed by atoms with van der Waals surface area (Å²) in [4.78, 5) is 0. The lowest BCUT2D eigenvalue weighted by Gasteiger charge is -2.32. The lowest BCUT2D eigenvalue weighted by atomic mass is 9.69. The van der Waals surface area contributed by atoms with E-state index < -0.39 is 7.12 Å². The Balaban J connectivity index is 2.19. The molecule has 144 valence electrons. The van der Waals surface area contributed by atoms with Crippen LogP contribution in [-0.4, -0.2) is 36.6 Å². The summed E-state index contributed by atoms with van der Waals surface area (Å²) in [5.41, 5.74) is -0.395. The van der Waals surface area contributed by atoms with E-state index in [-0.39, 0.29) is 29.5 Å². The van der Waals surface area contributed by atoms with Crippen LogP contribution in [0.3, 0.4) is 0 Å². The van der Waals surface area contributed by atoms with E-state index >= 15 is 0 Å². The van der Waals surface area contributed by atoms with Crippen molar-refractivity contribution in [2.24, 2.45) is 0 Å². The summed E-state index contributed by atoms with van der Waals surface area (Å²) < 4.78 is 24.8. The molecule has 0 bridgehead atoms. The van der Waals surface area contributed by atoms with E-state index in [4.69, 9.17) is 25.0 Å². The number of rotatable bonds is 6. The van der Waals surface area contributed by atoms with Crippen LogP contribution in [0, 0.1) is 12.3 Å². The minimum Gasteiger partial charge on any atom is -0.400 e. The Bertz CT molecular complexity index is 555. The van der Waals surface area contributed by atoms with E-state index in [0.29, 0.717) is 0 Å². The first kappa shape index (κ1) is 21.6. The highest BCUT2D eigenvalue weighted by molar-refractivity contribution is 6.60. The highest BCUT2D eigenvalue weighted by Crippen LogP contribution is 2.41. The second-order valence-electron chi connectivity index (χ2n) is 9.37. The number of terminal acetylenes is 1. The van der Waals surface area contributed by atoms with Crippen LogP contribution in [0.2, 0.25) is 0 Å². The first-order chi connectivity index (χ1) is 11.8. The van der Waals surface area contributed by atoms with E-state index in [1.807, 2.05) is 5.98 Å². The monoisotopic (exact) mass is 360 g/mol. The molecule has 6 heteroatoms. The first-order valence-corrected chi connectivity index (χ1v) is 9.67. The van der Waals surface area contributed by atoms with Gasteiger partial charge >= 0.3 is 14.2 Å². The molecule has 0 aliphatic carbocycles. The molecule has 2 aliphatic rings. The van der Waals surface area contributed by atoms with Crippen LogP contribution in [0.25, 0.3) is 0 Å². The van der Waals surface area contributed by atoms with Gasteiger partial charge in [0.25, 0.3) is 0 Å². The zero-order valence-electron chi connectivity index (χ0n) is 17.8. The van der Waals surface area contributed by atoms with Crippen molar-refractivity contribution in [2.45, 2.75) is 103 Å². The third-order valence-electron chi connectivity index (χ3n) is 6.21. The number of unbranched alkanes of at least 4 members (excludes halogenated alkanes) is 2. The van der Waals surface area contributed by atoms with Gasteiger partial charge < -0.3 is 18.6 Å². The highest BCUT2D eigenvalue weighted by Gasteiger charge is 2.54. The topological polar surface area (TPSA) is 36.9 Å². The summed E-state index contributed by atoms with van der Waals surface area (Å²) in [6.07, 6.45) is 8.98. The maximum atomic E-state index is 6.26. The molecule has 0 aromatic carbocycles. The van der Waals surface area contributed by atoms with Gasteiger partial charge in [0.05, 0.1) is 22.4 Å². The zero-order chi connectivity index (χ0) is 19.8. The molecular weight excluding hydrogens is 326 g/mol. The van der Waals surface area contributed by atoms with Gasteiger partial charge in [-0.2, -0.15) is 0 Å². The van der Waals surface area contributed by atoms with Gasteiger partial charge in [-0.05, 0) is 80.1 Å². The third kappa shape index (κ3) is 4.39. The minimum absolute atomic E-state index is 0.362. The molecule has 2 saturated heterocycles. The predicted molar refractivity (Wildman–Crippen MR) is 108 cm³/mol. The van der Waals surface area contributed by atoms with E-state index in [9.17, 15) is 0 Å². The van der Waals surface area contributed by atoms with Crippen molar-refractivity contribution in [1.82, 2.24) is 0 Å². The van der Waals surface area contributed by atoms with Gasteiger partial charge in [0.1, 0.15) is 0 Å². The Morgan fingerprint density at radius 3 is 1.73 bits per heavy atom. The SMILES string of the molecule is C#CCCCCC(=CB1OC(C)(C)C(C)(C)O1)B1OC(C)(C)C(C)(C)O1. The second kappa shape index (κ2) is 7.36. The average molecular weight is 360 g/mol. The molecule has 0 amide bonds. The van der Waals surface area contributed by atoms with Crippen molar-refractivity contribution < 1.29 is 18.6 Å². The molecule has 0 atom stereocenters. The van der Waals surface area contributed by atoms with Crippen LogP contribution < -0.4 is 0 Å². The Kier molecular flexibility index (Phi) is 6.10. The van der Waals surface area contributed by atoms with E-state index in [2.05, 4.69) is 61.3 Å². The summed E-state index contributed by atoms with van der Waals surface area (Å²) in [5.74, 6) is 4.74. The maximum absolute atomic E-state index is 6.26. The lowest BCUT2D eigenvalue weighted by molar-refractivity contribution is 0.00578. The van der Waals surface area contributed by atoms with Crippen molar-refractivity contribution in [3.8, 4) is 12.3 Å². The standard InChI is InChI=1S/C20H34B2O4/c1-10-11-12-13-14-16(22-25-19(6,7)20(8,9)26-22)15-21-23-17(2,3)18(4,5)24-21/h1,15H,11-14H2,2-9H3. The van der Waals surface area contributed by atoms with Crippen molar-refractivity contribution in [3.63, 3.8) is 0 Å². The van der Waals surface area contributed by atoms with E-state index in [1.165, 1.54) is 0 Å². The normalized spacial score (nSPS) is 26.2. The first-order valence-electron chi connectivity index (χ1n) is 9.67. The maximum Gasteiger partial charge on any atom is 0.489 e. The lowest BCUT2D eigenvalue weighted by Crippen LogP contribution is -2.41. The Morgan fingerprint density at radius 2 is 1.27 bits per heavy atom. The molecule has 0 saturated carbocycles. The predicted octanol–water partition coefficient (Wildman–Crippen LogP) is 4.37. The molecule has 2 heterocycles. The summed E-state index contributed by atoms with van der Waals surface area (Å²) in [6, 6.07) is 0. The van der Waals surface area contributed by atoms with E-state index in [1.54, 1.807) is 0 Å². The molecule has 0 radical (unpaired) electrons. The van der Waals surface area contributed by atoms with Crippen molar-refractivity contribution in [2.75, 3.05) is 0 Å². The largest absolute Gasteiger partial charge is 0.489 e. The molecule has 0 aromatic heterocycles. The highest BCUT2D eigenvalue weighted by atomic mass is 16.7. The Morgan fingerprint density at radius 1 is 0.808 bits per heavy atom. The number of hydrogen-bond donors (Lipinski definition) is 0. The molecule has 2 fully saturated rings. The fourth-order valence-corrected chi connectivity index (χ4v) is 2.96. The van der Waals surface area contributed by atoms with Gasteiger partial charge in [-0.15, -0.1) is 12.3 Å². The minimum atomic E-state index is -0.401. The molecule has 26 heavy (non-hydrogen) atoms. The number of hydrogen-bond acceptors (Lipinski definition) is 4. The summed E-state index contributed by atoms with van der Waals surface area (Å²) in [7, 11) is -0.786. The molecule has 2 rings (SSSR count). The molecule has 4 nitrogen and oxygen atoms in total. The van der Waals surface area contributed by atoms with E-state index in [0.717, 1.165) is 31.2 Å². The van der Waals surface area contributed by atoms with Crippen LogP contribution in [0.1, 0.15) is 81.1 Å². The van der Waals surface area contributed by atoms with Crippen LogP contribution >= 0.6 is 0 Å². The second-order valence-corrected chi connectivity index (χ2v) is 9.37. The fraction of sp³-hybridized carbons (Fsp3) is 0.800. The van der Waals surface area contributed by atoms with Gasteiger partial charge in [0.15, 0.2) is 0 Å². The van der Waals surface area contributed by atoms with Gasteiger partial charge in [0.2, 0.25) is 0 Å². The Hall–Kier alpha value is -0.730. The summed E-state index contributed by atoms with van der Waals surface area (Å²) in [5, 5.41) is 0. The zero-order valence-corrected chi connectivity index (χ0v) is 17.8. The van der Waals surface area contributed by atoms with Crippen LogP contribution in [-0.2, 0) is 18.6 Å². The molecule has 0 unspecified atom stereocenters. The fourth-order valence-electron chi connectivity index (χ4n) is 2.96. The Labute approximate surface area is 160 Å². The molecular formula is C20H34B2O4. The smallest absolute Gasteiger partial charge is 0.400 e. The van der Waals surface area contributed by atoms with Gasteiger partial charge in [-0.25, -0.2) is 0 Å². The summed E-state index contributed by atoms with van der Waals surface area (Å²) in [6.45, 7) is 16.5. The quantitative estimate of drug-likeness (QED) is 0.401. The van der Waals surface area contributed by atoms with Crippen LogP contribution in [0.15, 0.2) is 11.4 Å². The van der Waals surface area contributed by atoms with Crippen molar-refractivity contribution >= 4 is 14.2 Å². The molecule has 0 aromatic rings. The number of allylic oxidation sites excluding steroid dienone is 1. The van der Waals surface area contributed by atoms with Gasteiger partial charge in [-0.1, -0.05) is 5.98 Å². The molecule has 0 N–H and O–H groups in total. The molecule has 2 aliphatic heterocycles. The third-order valence-corrected chi connectivity index (χ3v) is 6.21. The van der Waals surface area contributed by atoms with Crippen LogP contribution in [0.4, 0.5) is 0 Å².